The van der Waals surface area contributed by atoms with E-state index in [0.717, 1.165) is 21.8 Å². The van der Waals surface area contributed by atoms with Gasteiger partial charge in [-0.3, -0.25) is 0 Å². The Morgan fingerprint density at radius 3 is 2.44 bits per heavy atom. The molecule has 2 heterocycles. The number of ether oxygens (including phenoxy) is 1. The number of halogens is 3. The van der Waals surface area contributed by atoms with Crippen LogP contribution in [0.4, 0.5) is 4.39 Å². The number of rotatable bonds is 2. The summed E-state index contributed by atoms with van der Waals surface area (Å²) in [4.78, 5) is 1.02. The summed E-state index contributed by atoms with van der Waals surface area (Å²) in [6.45, 7) is 0. The third-order valence-electron chi connectivity index (χ3n) is 5.22. The van der Waals surface area contributed by atoms with Crippen LogP contribution in [-0.4, -0.2) is 4.33 Å². The summed E-state index contributed by atoms with van der Waals surface area (Å²) in [5.41, 5.74) is 1.26. The topological polar surface area (TPSA) is 9.23 Å². The fraction of sp³-hybridized carbons (Fsp3) is 0.200. The molecule has 0 N–H and O–H groups in total. The van der Waals surface area contributed by atoms with E-state index in [1.165, 1.54) is 12.1 Å². The summed E-state index contributed by atoms with van der Waals surface area (Å²) in [5.74, 6) is 0.335. The Morgan fingerprint density at radius 2 is 1.72 bits per heavy atom. The molecule has 2 aromatic carbocycles. The van der Waals surface area contributed by atoms with Gasteiger partial charge in [0, 0.05) is 11.5 Å². The van der Waals surface area contributed by atoms with Gasteiger partial charge in [0.25, 0.3) is 0 Å². The quantitative estimate of drug-likeness (QED) is 0.479. The lowest BCUT2D eigenvalue weighted by Crippen LogP contribution is -2.27. The Balaban J connectivity index is 1.73. The molecule has 2 aliphatic rings. The van der Waals surface area contributed by atoms with E-state index >= 15 is 0 Å². The maximum Gasteiger partial charge on any atom is 0.183 e. The second kappa shape index (κ2) is 5.23. The zero-order valence-corrected chi connectivity index (χ0v) is 15.3. The van der Waals surface area contributed by atoms with Crippen molar-refractivity contribution in [1.29, 1.82) is 0 Å². The van der Waals surface area contributed by atoms with Crippen LogP contribution in [0, 0.1) is 11.7 Å². The molecule has 1 saturated carbocycles. The number of hydrogen-bond acceptors (Lipinski definition) is 2. The molecule has 0 unspecified atom stereocenters. The Morgan fingerprint density at radius 1 is 0.960 bits per heavy atom. The van der Waals surface area contributed by atoms with Gasteiger partial charge in [0.05, 0.1) is 10.8 Å². The minimum atomic E-state index is -1.05. The van der Waals surface area contributed by atoms with Crippen molar-refractivity contribution >= 4 is 34.5 Å². The first-order valence-electron chi connectivity index (χ1n) is 8.01. The van der Waals surface area contributed by atoms with Crippen LogP contribution in [0.1, 0.15) is 21.9 Å². The van der Waals surface area contributed by atoms with Crippen molar-refractivity contribution in [2.45, 2.75) is 15.9 Å². The van der Waals surface area contributed by atoms with E-state index in [2.05, 4.69) is 0 Å². The van der Waals surface area contributed by atoms with Crippen LogP contribution in [0.2, 0.25) is 0 Å². The predicted octanol–water partition coefficient (Wildman–Crippen LogP) is 6.11. The van der Waals surface area contributed by atoms with E-state index < -0.39 is 9.93 Å². The highest BCUT2D eigenvalue weighted by Crippen LogP contribution is 2.77. The van der Waals surface area contributed by atoms with E-state index in [0.29, 0.717) is 0 Å². The van der Waals surface area contributed by atoms with Crippen LogP contribution >= 0.6 is 34.5 Å². The molecule has 25 heavy (non-hydrogen) atoms. The molecule has 0 saturated heterocycles. The molecule has 1 aliphatic heterocycles. The lowest BCUT2D eigenvalue weighted by molar-refractivity contribution is 0.141. The van der Waals surface area contributed by atoms with E-state index in [1.54, 1.807) is 11.3 Å². The Bertz CT molecular complexity index is 939. The standard InChI is InChI=1S/C20H13Cl2FOS/c21-20(22)18-17(12-7-9-13(23)10-8-12)14-4-1-2-5-15(14)24-19(18,20)16-6-3-11-25-16/h1-11,17-18H/t17-,18-,19-/m1/s1. The molecule has 3 aromatic rings. The summed E-state index contributed by atoms with van der Waals surface area (Å²) < 4.78 is 18.8. The lowest BCUT2D eigenvalue weighted by Gasteiger charge is -2.31. The largest absolute Gasteiger partial charge is 0.478 e. The summed E-state index contributed by atoms with van der Waals surface area (Å²) in [6.07, 6.45) is 0. The number of benzene rings is 2. The predicted molar refractivity (Wildman–Crippen MR) is 99.2 cm³/mol. The van der Waals surface area contributed by atoms with E-state index in [4.69, 9.17) is 27.9 Å². The fourth-order valence-electron chi connectivity index (χ4n) is 4.06. The molecule has 5 heteroatoms. The number of thiophene rings is 1. The minimum Gasteiger partial charge on any atom is -0.478 e. The molecule has 5 rings (SSSR count). The van der Waals surface area contributed by atoms with Crippen molar-refractivity contribution in [3.05, 3.63) is 87.9 Å². The summed E-state index contributed by atoms with van der Waals surface area (Å²) >= 11 is 15.2. The molecule has 0 bridgehead atoms. The highest BCUT2D eigenvalue weighted by atomic mass is 35.5. The zero-order chi connectivity index (χ0) is 17.2. The molecule has 0 radical (unpaired) electrons. The lowest BCUT2D eigenvalue weighted by atomic mass is 9.83. The first kappa shape index (κ1) is 15.7. The van der Waals surface area contributed by atoms with Gasteiger partial charge in [0.1, 0.15) is 11.6 Å². The van der Waals surface area contributed by atoms with Crippen LogP contribution in [0.3, 0.4) is 0 Å². The number of fused-ring (bicyclic) bond motifs is 2. The highest BCUT2D eigenvalue weighted by Gasteiger charge is 2.84. The van der Waals surface area contributed by atoms with Gasteiger partial charge in [-0.05, 0) is 35.2 Å². The van der Waals surface area contributed by atoms with E-state index in [1.807, 2.05) is 53.9 Å². The molecule has 1 aromatic heterocycles. The van der Waals surface area contributed by atoms with Crippen LogP contribution in [0.25, 0.3) is 0 Å². The van der Waals surface area contributed by atoms with Crippen LogP contribution in [0.15, 0.2) is 66.0 Å². The van der Waals surface area contributed by atoms with Gasteiger partial charge >= 0.3 is 0 Å². The summed E-state index contributed by atoms with van der Waals surface area (Å²) in [6, 6.07) is 18.5. The Labute approximate surface area is 159 Å². The Kier molecular flexibility index (Phi) is 3.28. The van der Waals surface area contributed by atoms with E-state index in [-0.39, 0.29) is 17.7 Å². The zero-order valence-electron chi connectivity index (χ0n) is 13.0. The van der Waals surface area contributed by atoms with Gasteiger partial charge < -0.3 is 4.74 Å². The summed E-state index contributed by atoms with van der Waals surface area (Å²) in [7, 11) is 0. The minimum absolute atomic E-state index is 0.0531. The van der Waals surface area contributed by atoms with Gasteiger partial charge in [-0.15, -0.1) is 11.3 Å². The number of alkyl halides is 2. The van der Waals surface area contributed by atoms with Crippen molar-refractivity contribution < 1.29 is 9.13 Å². The smallest absolute Gasteiger partial charge is 0.183 e. The highest BCUT2D eigenvalue weighted by molar-refractivity contribution is 7.10. The van der Waals surface area contributed by atoms with Crippen LogP contribution in [0.5, 0.6) is 5.75 Å². The first-order valence-corrected chi connectivity index (χ1v) is 9.64. The second-order valence-corrected chi connectivity index (χ2v) is 8.82. The molecule has 3 atom stereocenters. The first-order chi connectivity index (χ1) is 12.1. The molecule has 1 fully saturated rings. The monoisotopic (exact) mass is 390 g/mol. The van der Waals surface area contributed by atoms with Crippen molar-refractivity contribution in [3.63, 3.8) is 0 Å². The molecular weight excluding hydrogens is 378 g/mol. The third kappa shape index (κ3) is 2.00. The number of hydrogen-bond donors (Lipinski definition) is 0. The van der Waals surface area contributed by atoms with Gasteiger partial charge in [-0.1, -0.05) is 59.6 Å². The molecular formula is C20H13Cl2FOS. The van der Waals surface area contributed by atoms with Gasteiger partial charge in [-0.2, -0.15) is 0 Å². The molecule has 1 aliphatic carbocycles. The summed E-state index contributed by atoms with van der Waals surface area (Å²) in [5, 5.41) is 2.00. The molecule has 1 nitrogen and oxygen atoms in total. The van der Waals surface area contributed by atoms with Gasteiger partial charge in [0.15, 0.2) is 9.93 Å². The second-order valence-electron chi connectivity index (χ2n) is 6.48. The SMILES string of the molecule is Fc1ccc([C@@H]2c3ccccc3O[C@]3(c4cccs4)[C@@H]2C3(Cl)Cl)cc1. The average molecular weight is 391 g/mol. The maximum absolute atomic E-state index is 13.4. The van der Waals surface area contributed by atoms with Crippen molar-refractivity contribution in [2.75, 3.05) is 0 Å². The van der Waals surface area contributed by atoms with Gasteiger partial charge in [0.2, 0.25) is 0 Å². The Hall–Kier alpha value is -1.55. The van der Waals surface area contributed by atoms with Gasteiger partial charge in [-0.25, -0.2) is 4.39 Å². The van der Waals surface area contributed by atoms with Crippen molar-refractivity contribution in [3.8, 4) is 5.75 Å². The fourth-order valence-corrected chi connectivity index (χ4v) is 6.11. The normalized spacial score (nSPS) is 28.6. The number of para-hydroxylation sites is 1. The van der Waals surface area contributed by atoms with E-state index in [9.17, 15) is 4.39 Å². The van der Waals surface area contributed by atoms with Crippen LogP contribution in [-0.2, 0) is 5.60 Å². The average Bonchev–Trinajstić information content (AvgIpc) is 2.99. The molecule has 0 amide bonds. The third-order valence-corrected chi connectivity index (χ3v) is 7.23. The van der Waals surface area contributed by atoms with Crippen molar-refractivity contribution in [2.24, 2.45) is 5.92 Å². The maximum atomic E-state index is 13.4. The molecule has 126 valence electrons. The molecule has 0 spiro atoms. The van der Waals surface area contributed by atoms with Crippen LogP contribution < -0.4 is 4.74 Å². The van der Waals surface area contributed by atoms with Crippen molar-refractivity contribution in [1.82, 2.24) is 0 Å².